The van der Waals surface area contributed by atoms with E-state index in [-0.39, 0.29) is 10.6 Å². The van der Waals surface area contributed by atoms with Gasteiger partial charge in [0.15, 0.2) is 0 Å². The second-order valence-corrected chi connectivity index (χ2v) is 1.41. The van der Waals surface area contributed by atoms with Gasteiger partial charge in [0.25, 0.3) is 0 Å². The molecular formula is C4H10FNO. The molecule has 0 aromatic heterocycles. The Bertz CT molecular complexity index is 62.7. The molecule has 0 N–H and O–H groups in total. The van der Waals surface area contributed by atoms with Crippen molar-refractivity contribution in [1.82, 2.24) is 4.90 Å². The van der Waals surface area contributed by atoms with Crippen molar-refractivity contribution in [1.29, 1.82) is 0 Å². The molecule has 0 atom stereocenters. The second kappa shape index (κ2) is 3.59. The Kier molecular flexibility index (Phi) is 4.94. The molecule has 1 amide bonds. The predicted octanol–water partition coefficient (Wildman–Crippen LogP) is 0.247. The third-order valence-electron chi connectivity index (χ3n) is 0.630. The fourth-order valence-corrected chi connectivity index (χ4v) is 0. The van der Waals surface area contributed by atoms with E-state index >= 15 is 0 Å². The SMILES string of the molecule is CC(=O)N(C)C.F. The van der Waals surface area contributed by atoms with Crippen molar-refractivity contribution < 1.29 is 9.50 Å². The van der Waals surface area contributed by atoms with Crippen LogP contribution in [0, 0.1) is 0 Å². The molecule has 0 aromatic rings. The van der Waals surface area contributed by atoms with Crippen LogP contribution in [0.1, 0.15) is 6.92 Å². The summed E-state index contributed by atoms with van der Waals surface area (Å²) < 4.78 is 0. The van der Waals surface area contributed by atoms with Gasteiger partial charge in [-0.05, 0) is 0 Å². The topological polar surface area (TPSA) is 20.3 Å². The predicted molar refractivity (Wildman–Crippen MR) is 26.9 cm³/mol. The molecule has 0 saturated carbocycles. The van der Waals surface area contributed by atoms with Crippen LogP contribution in [-0.4, -0.2) is 24.9 Å². The summed E-state index contributed by atoms with van der Waals surface area (Å²) in [4.78, 5) is 11.6. The first-order valence-electron chi connectivity index (χ1n) is 1.82. The Morgan fingerprint density at radius 1 is 1.43 bits per heavy atom. The largest absolute Gasteiger partial charge is 0.349 e. The molecule has 0 aliphatic heterocycles. The van der Waals surface area contributed by atoms with E-state index in [4.69, 9.17) is 0 Å². The van der Waals surface area contributed by atoms with E-state index < -0.39 is 0 Å². The molecule has 0 heterocycles. The maximum Gasteiger partial charge on any atom is 0.218 e. The van der Waals surface area contributed by atoms with Gasteiger partial charge < -0.3 is 4.90 Å². The molecule has 3 heteroatoms. The summed E-state index contributed by atoms with van der Waals surface area (Å²) in [5.74, 6) is 0.0926. The highest BCUT2D eigenvalue weighted by Crippen LogP contribution is 1.69. The van der Waals surface area contributed by atoms with Crippen LogP contribution in [0.25, 0.3) is 0 Å². The molecular weight excluding hydrogens is 97.0 g/mol. The fourth-order valence-electron chi connectivity index (χ4n) is 0. The smallest absolute Gasteiger partial charge is 0.218 e. The van der Waals surface area contributed by atoms with E-state index in [2.05, 4.69) is 0 Å². The fraction of sp³-hybridized carbons (Fsp3) is 0.750. The molecule has 44 valence electrons. The van der Waals surface area contributed by atoms with Gasteiger partial charge in [-0.2, -0.15) is 0 Å². The Labute approximate surface area is 42.5 Å². The van der Waals surface area contributed by atoms with Gasteiger partial charge in [-0.15, -0.1) is 0 Å². The Morgan fingerprint density at radius 3 is 1.57 bits per heavy atom. The number of carbonyl (C=O) groups excluding carboxylic acids is 1. The van der Waals surface area contributed by atoms with Gasteiger partial charge in [0.2, 0.25) is 5.91 Å². The summed E-state index contributed by atoms with van der Waals surface area (Å²) in [5.41, 5.74) is 0. The van der Waals surface area contributed by atoms with Crippen molar-refractivity contribution >= 4 is 5.91 Å². The van der Waals surface area contributed by atoms with Crippen molar-refractivity contribution in [2.75, 3.05) is 14.1 Å². The van der Waals surface area contributed by atoms with Crippen LogP contribution in [-0.2, 0) is 4.79 Å². The molecule has 0 aromatic carbocycles. The van der Waals surface area contributed by atoms with E-state index in [1.807, 2.05) is 0 Å². The maximum atomic E-state index is 10.1. The van der Waals surface area contributed by atoms with Crippen LogP contribution in [0.4, 0.5) is 4.70 Å². The zero-order valence-corrected chi connectivity index (χ0v) is 4.76. The van der Waals surface area contributed by atoms with Crippen LogP contribution in [0.2, 0.25) is 0 Å². The minimum atomic E-state index is 0. The van der Waals surface area contributed by atoms with E-state index in [9.17, 15) is 4.79 Å². The Hall–Kier alpha value is -0.600. The van der Waals surface area contributed by atoms with E-state index in [1.165, 1.54) is 11.8 Å². The lowest BCUT2D eigenvalue weighted by Crippen LogP contribution is -2.17. The van der Waals surface area contributed by atoms with Crippen molar-refractivity contribution in [2.24, 2.45) is 0 Å². The van der Waals surface area contributed by atoms with Crippen molar-refractivity contribution in [3.05, 3.63) is 0 Å². The van der Waals surface area contributed by atoms with Gasteiger partial charge in [0, 0.05) is 21.0 Å². The highest BCUT2D eigenvalue weighted by molar-refractivity contribution is 5.72. The summed E-state index contributed by atoms with van der Waals surface area (Å²) in [6, 6.07) is 0. The Balaban J connectivity index is 0. The van der Waals surface area contributed by atoms with Gasteiger partial charge in [-0.3, -0.25) is 9.50 Å². The monoisotopic (exact) mass is 107 g/mol. The van der Waals surface area contributed by atoms with Crippen molar-refractivity contribution in [2.45, 2.75) is 6.92 Å². The average Bonchev–Trinajstić information content (AvgIpc) is 1.36. The van der Waals surface area contributed by atoms with Gasteiger partial charge in [0.05, 0.1) is 0 Å². The van der Waals surface area contributed by atoms with E-state index in [0.717, 1.165) is 0 Å². The van der Waals surface area contributed by atoms with E-state index in [0.29, 0.717) is 0 Å². The number of amides is 1. The lowest BCUT2D eigenvalue weighted by molar-refractivity contribution is -0.126. The van der Waals surface area contributed by atoms with Gasteiger partial charge in [-0.25, -0.2) is 0 Å². The molecule has 2 nitrogen and oxygen atoms in total. The molecule has 0 rings (SSSR count). The molecule has 0 radical (unpaired) electrons. The van der Waals surface area contributed by atoms with E-state index in [1.54, 1.807) is 14.1 Å². The average molecular weight is 107 g/mol. The lowest BCUT2D eigenvalue weighted by Gasteiger charge is -2.02. The molecule has 0 saturated heterocycles. The quantitative estimate of drug-likeness (QED) is 0.434. The number of carbonyl (C=O) groups is 1. The van der Waals surface area contributed by atoms with Gasteiger partial charge in [0.1, 0.15) is 0 Å². The maximum absolute atomic E-state index is 10.1. The first kappa shape index (κ1) is 9.64. The number of halogens is 1. The van der Waals surface area contributed by atoms with Crippen LogP contribution in [0.15, 0.2) is 0 Å². The number of hydrogen-bond acceptors (Lipinski definition) is 1. The molecule has 0 spiro atoms. The minimum Gasteiger partial charge on any atom is -0.349 e. The molecule has 0 aliphatic carbocycles. The van der Waals surface area contributed by atoms with Crippen molar-refractivity contribution in [3.8, 4) is 0 Å². The number of rotatable bonds is 0. The van der Waals surface area contributed by atoms with Crippen LogP contribution in [0.5, 0.6) is 0 Å². The van der Waals surface area contributed by atoms with Crippen LogP contribution in [0.3, 0.4) is 0 Å². The first-order valence-corrected chi connectivity index (χ1v) is 1.82. The Morgan fingerprint density at radius 2 is 1.57 bits per heavy atom. The van der Waals surface area contributed by atoms with Gasteiger partial charge >= 0.3 is 0 Å². The van der Waals surface area contributed by atoms with Crippen LogP contribution < -0.4 is 0 Å². The molecule has 0 bridgehead atoms. The molecule has 7 heavy (non-hydrogen) atoms. The molecule has 0 fully saturated rings. The number of nitrogens with zero attached hydrogens (tertiary/aromatic N) is 1. The van der Waals surface area contributed by atoms with Gasteiger partial charge in [-0.1, -0.05) is 0 Å². The zero-order valence-electron chi connectivity index (χ0n) is 4.76. The number of hydrogen-bond donors (Lipinski definition) is 0. The molecule has 0 unspecified atom stereocenters. The van der Waals surface area contributed by atoms with Crippen LogP contribution >= 0.6 is 0 Å². The zero-order chi connectivity index (χ0) is 5.15. The normalized spacial score (nSPS) is 6.71. The summed E-state index contributed by atoms with van der Waals surface area (Å²) in [6.45, 7) is 1.53. The third kappa shape index (κ3) is 5.40. The standard InChI is InChI=1S/C4H9NO.FH/c1-4(6)5(2)3;/h1-3H3;1H. The summed E-state index contributed by atoms with van der Waals surface area (Å²) in [7, 11) is 3.45. The highest BCUT2D eigenvalue weighted by Gasteiger charge is 1.87. The summed E-state index contributed by atoms with van der Waals surface area (Å²) in [5, 5.41) is 0. The second-order valence-electron chi connectivity index (χ2n) is 1.41. The summed E-state index contributed by atoms with van der Waals surface area (Å²) in [6.07, 6.45) is 0. The lowest BCUT2D eigenvalue weighted by atomic mass is 10.7. The minimum absolute atomic E-state index is 0. The van der Waals surface area contributed by atoms with Crippen molar-refractivity contribution in [3.63, 3.8) is 0 Å². The molecule has 0 aliphatic rings. The highest BCUT2D eigenvalue weighted by atomic mass is 19.0. The first-order chi connectivity index (χ1) is 2.64. The summed E-state index contributed by atoms with van der Waals surface area (Å²) >= 11 is 0. The third-order valence-corrected chi connectivity index (χ3v) is 0.630.